The fraction of sp³-hybridized carbons (Fsp3) is 0.375. The normalized spacial score (nSPS) is 13.9. The van der Waals surface area contributed by atoms with Gasteiger partial charge in [-0.3, -0.25) is 0 Å². The number of carbonyl (C=O) groups is 1. The highest BCUT2D eigenvalue weighted by Gasteiger charge is 2.22. The van der Waals surface area contributed by atoms with Gasteiger partial charge in [-0.25, -0.2) is 9.78 Å². The third kappa shape index (κ3) is 2.78. The minimum absolute atomic E-state index is 0.346. The second-order valence-corrected chi connectivity index (χ2v) is 5.96. The molecule has 0 bridgehead atoms. The average molecular weight is 302 g/mol. The number of ether oxygens (including phenoxy) is 1. The molecule has 0 aliphatic carbocycles. The van der Waals surface area contributed by atoms with Gasteiger partial charge in [0, 0.05) is 17.6 Å². The van der Waals surface area contributed by atoms with E-state index in [1.807, 2.05) is 0 Å². The minimum atomic E-state index is -0.346. The second-order valence-electron chi connectivity index (χ2n) is 5.12. The monoisotopic (exact) mass is 302 g/mol. The van der Waals surface area contributed by atoms with Crippen molar-refractivity contribution in [1.82, 2.24) is 4.98 Å². The number of fused-ring (bicyclic) bond motifs is 1. The molecule has 0 amide bonds. The largest absolute Gasteiger partial charge is 0.461 e. The molecule has 0 atom stereocenters. The first-order chi connectivity index (χ1) is 10.2. The SMILES string of the molecule is CCOC(=O)c1csc(N2CCCc3cc(C)ccc32)n1. The zero-order chi connectivity index (χ0) is 14.8. The van der Waals surface area contributed by atoms with Crippen LogP contribution in [0.5, 0.6) is 0 Å². The van der Waals surface area contributed by atoms with Crippen LogP contribution in [0.1, 0.15) is 35.0 Å². The van der Waals surface area contributed by atoms with Crippen molar-refractivity contribution in [2.45, 2.75) is 26.7 Å². The van der Waals surface area contributed by atoms with Crippen molar-refractivity contribution >= 4 is 28.1 Å². The summed E-state index contributed by atoms with van der Waals surface area (Å²) in [5.74, 6) is -0.346. The maximum atomic E-state index is 11.7. The highest BCUT2D eigenvalue weighted by molar-refractivity contribution is 7.14. The van der Waals surface area contributed by atoms with Gasteiger partial charge in [-0.15, -0.1) is 11.3 Å². The summed E-state index contributed by atoms with van der Waals surface area (Å²) in [6.45, 7) is 5.22. The van der Waals surface area contributed by atoms with E-state index >= 15 is 0 Å². The Morgan fingerprint density at radius 2 is 2.33 bits per heavy atom. The molecule has 21 heavy (non-hydrogen) atoms. The molecule has 0 saturated carbocycles. The average Bonchev–Trinajstić information content (AvgIpc) is 2.96. The molecule has 2 heterocycles. The van der Waals surface area contributed by atoms with Gasteiger partial charge in [0.25, 0.3) is 0 Å². The molecule has 0 spiro atoms. The van der Waals surface area contributed by atoms with Gasteiger partial charge in [-0.1, -0.05) is 17.7 Å². The van der Waals surface area contributed by atoms with Crippen molar-refractivity contribution < 1.29 is 9.53 Å². The summed E-state index contributed by atoms with van der Waals surface area (Å²) >= 11 is 1.49. The molecule has 1 aliphatic rings. The number of thiazole rings is 1. The third-order valence-electron chi connectivity index (χ3n) is 3.56. The van der Waals surface area contributed by atoms with Crippen LogP contribution in [0.3, 0.4) is 0 Å². The Morgan fingerprint density at radius 3 is 3.14 bits per heavy atom. The van der Waals surface area contributed by atoms with Gasteiger partial charge in [-0.2, -0.15) is 0 Å². The van der Waals surface area contributed by atoms with Crippen LogP contribution in [0.4, 0.5) is 10.8 Å². The maximum absolute atomic E-state index is 11.7. The Morgan fingerprint density at radius 1 is 1.48 bits per heavy atom. The Kier molecular flexibility index (Phi) is 3.92. The number of rotatable bonds is 3. The molecule has 1 aromatic heterocycles. The van der Waals surface area contributed by atoms with Crippen molar-refractivity contribution in [3.05, 3.63) is 40.4 Å². The number of hydrogen-bond acceptors (Lipinski definition) is 5. The molecule has 4 nitrogen and oxygen atoms in total. The van der Waals surface area contributed by atoms with Crippen LogP contribution in [0.15, 0.2) is 23.6 Å². The van der Waals surface area contributed by atoms with Crippen molar-refractivity contribution in [3.8, 4) is 0 Å². The van der Waals surface area contributed by atoms with Crippen molar-refractivity contribution in [1.29, 1.82) is 0 Å². The first kappa shape index (κ1) is 14.1. The number of anilines is 2. The molecule has 110 valence electrons. The summed E-state index contributed by atoms with van der Waals surface area (Å²) in [6.07, 6.45) is 2.20. The molecule has 1 aliphatic heterocycles. The van der Waals surface area contributed by atoms with Gasteiger partial charge < -0.3 is 9.64 Å². The first-order valence-corrected chi connectivity index (χ1v) is 8.06. The fourth-order valence-corrected chi connectivity index (χ4v) is 3.45. The molecule has 0 radical (unpaired) electrons. The Balaban J connectivity index is 1.90. The van der Waals surface area contributed by atoms with E-state index in [-0.39, 0.29) is 5.97 Å². The zero-order valence-corrected chi connectivity index (χ0v) is 13.1. The summed E-state index contributed by atoms with van der Waals surface area (Å²) in [5.41, 5.74) is 4.24. The molecule has 2 aromatic rings. The molecule has 5 heteroatoms. The van der Waals surface area contributed by atoms with Crippen molar-refractivity contribution in [3.63, 3.8) is 0 Å². The van der Waals surface area contributed by atoms with Crippen LogP contribution in [-0.2, 0) is 11.2 Å². The van der Waals surface area contributed by atoms with Crippen LogP contribution in [-0.4, -0.2) is 24.1 Å². The second kappa shape index (κ2) is 5.85. The molecular formula is C16H18N2O2S. The predicted molar refractivity (Wildman–Crippen MR) is 84.6 cm³/mol. The smallest absolute Gasteiger partial charge is 0.357 e. The van der Waals surface area contributed by atoms with Gasteiger partial charge in [-0.05, 0) is 38.3 Å². The van der Waals surface area contributed by atoms with E-state index in [4.69, 9.17) is 4.74 Å². The van der Waals surface area contributed by atoms with Gasteiger partial charge in [0.2, 0.25) is 0 Å². The van der Waals surface area contributed by atoms with Crippen molar-refractivity contribution in [2.24, 2.45) is 0 Å². The van der Waals surface area contributed by atoms with E-state index in [0.717, 1.165) is 24.5 Å². The van der Waals surface area contributed by atoms with Crippen LogP contribution >= 0.6 is 11.3 Å². The summed E-state index contributed by atoms with van der Waals surface area (Å²) in [4.78, 5) is 18.4. The molecule has 0 fully saturated rings. The molecule has 1 aromatic carbocycles. The fourth-order valence-electron chi connectivity index (χ4n) is 2.61. The van der Waals surface area contributed by atoms with Gasteiger partial charge >= 0.3 is 5.97 Å². The maximum Gasteiger partial charge on any atom is 0.357 e. The lowest BCUT2D eigenvalue weighted by molar-refractivity contribution is 0.0520. The lowest BCUT2D eigenvalue weighted by Gasteiger charge is -2.29. The lowest BCUT2D eigenvalue weighted by Crippen LogP contribution is -2.24. The van der Waals surface area contributed by atoms with E-state index in [1.165, 1.54) is 28.2 Å². The standard InChI is InChI=1S/C16H18N2O2S/c1-3-20-15(19)13-10-21-16(17-13)18-8-4-5-12-9-11(2)6-7-14(12)18/h6-7,9-10H,3-5,8H2,1-2H3. The summed E-state index contributed by atoms with van der Waals surface area (Å²) in [7, 11) is 0. The minimum Gasteiger partial charge on any atom is -0.461 e. The van der Waals surface area contributed by atoms with E-state index in [2.05, 4.69) is 35.0 Å². The summed E-state index contributed by atoms with van der Waals surface area (Å²) in [6, 6.07) is 6.51. The van der Waals surface area contributed by atoms with Crippen LogP contribution in [0, 0.1) is 6.92 Å². The number of benzene rings is 1. The van der Waals surface area contributed by atoms with Gasteiger partial charge in [0.1, 0.15) is 0 Å². The number of hydrogen-bond donors (Lipinski definition) is 0. The van der Waals surface area contributed by atoms with E-state index in [0.29, 0.717) is 12.3 Å². The highest BCUT2D eigenvalue weighted by Crippen LogP contribution is 2.35. The Labute approximate surface area is 128 Å². The molecular weight excluding hydrogens is 284 g/mol. The number of nitrogens with zero attached hydrogens (tertiary/aromatic N) is 2. The topological polar surface area (TPSA) is 42.4 Å². The highest BCUT2D eigenvalue weighted by atomic mass is 32.1. The van der Waals surface area contributed by atoms with Crippen LogP contribution in [0.25, 0.3) is 0 Å². The van der Waals surface area contributed by atoms with E-state index in [9.17, 15) is 4.79 Å². The summed E-state index contributed by atoms with van der Waals surface area (Å²) < 4.78 is 5.00. The lowest BCUT2D eigenvalue weighted by atomic mass is 10.00. The molecule has 0 N–H and O–H groups in total. The van der Waals surface area contributed by atoms with E-state index < -0.39 is 0 Å². The molecule has 0 saturated heterocycles. The number of aromatic nitrogens is 1. The first-order valence-electron chi connectivity index (χ1n) is 7.18. The number of aryl methyl sites for hydroxylation is 2. The number of esters is 1. The Bertz CT molecular complexity index is 666. The molecule has 0 unspecified atom stereocenters. The van der Waals surface area contributed by atoms with Gasteiger partial charge in [0.05, 0.1) is 6.61 Å². The van der Waals surface area contributed by atoms with E-state index in [1.54, 1.807) is 12.3 Å². The summed E-state index contributed by atoms with van der Waals surface area (Å²) in [5, 5.41) is 2.64. The Hall–Kier alpha value is -1.88. The van der Waals surface area contributed by atoms with Crippen LogP contribution in [0.2, 0.25) is 0 Å². The third-order valence-corrected chi connectivity index (χ3v) is 4.42. The van der Waals surface area contributed by atoms with Gasteiger partial charge in [0.15, 0.2) is 10.8 Å². The zero-order valence-electron chi connectivity index (χ0n) is 12.3. The van der Waals surface area contributed by atoms with Crippen molar-refractivity contribution in [2.75, 3.05) is 18.1 Å². The predicted octanol–water partition coefficient (Wildman–Crippen LogP) is 3.71. The number of carbonyl (C=O) groups excluding carboxylic acids is 1. The quantitative estimate of drug-likeness (QED) is 0.811. The molecule has 3 rings (SSSR count). The van der Waals surface area contributed by atoms with Crippen LogP contribution < -0.4 is 4.90 Å².